The van der Waals surface area contributed by atoms with Gasteiger partial charge in [-0.15, -0.1) is 0 Å². The van der Waals surface area contributed by atoms with Crippen molar-refractivity contribution in [2.45, 2.75) is 75.3 Å². The summed E-state index contributed by atoms with van der Waals surface area (Å²) in [4.78, 5) is 11.2. The van der Waals surface area contributed by atoms with Crippen molar-refractivity contribution < 1.29 is 44.5 Å². The Morgan fingerprint density at radius 2 is 1.84 bits per heavy atom. The maximum atomic E-state index is 11.2. The van der Waals surface area contributed by atoms with Crippen molar-refractivity contribution in [2.75, 3.05) is 13.2 Å². The topological polar surface area (TPSA) is 146 Å². The first-order valence-electron chi connectivity index (χ1n) is 12.7. The van der Waals surface area contributed by atoms with Crippen LogP contribution in [-0.2, 0) is 26.5 Å². The number of aliphatic hydroxyl groups excluding tert-OH is 3. The van der Waals surface area contributed by atoms with Crippen molar-refractivity contribution in [1.29, 1.82) is 0 Å². The SMILES string of the molecule is CCC(CCOc1ccc(Cc2cc([C@]34OC[C@](C(C)(C)O)(O3)[C@@H](O)[C@H](O)[C@H]4O)ccc2Cl)cc1)C(=O)O. The molecule has 2 aromatic carbocycles. The molecule has 2 aliphatic rings. The van der Waals surface area contributed by atoms with Crippen molar-refractivity contribution in [3.8, 4) is 5.75 Å². The predicted octanol–water partition coefficient (Wildman–Crippen LogP) is 2.62. The molecule has 1 unspecified atom stereocenters. The molecule has 2 aromatic rings. The summed E-state index contributed by atoms with van der Waals surface area (Å²) < 4.78 is 17.8. The number of carbonyl (C=O) groups is 1. The second-order valence-electron chi connectivity index (χ2n) is 10.6. The second-order valence-corrected chi connectivity index (χ2v) is 11.0. The van der Waals surface area contributed by atoms with E-state index in [0.29, 0.717) is 47.8 Å². The van der Waals surface area contributed by atoms with Gasteiger partial charge in [0.2, 0.25) is 5.79 Å². The molecule has 2 bridgehead atoms. The number of rotatable bonds is 10. The predicted molar refractivity (Wildman–Crippen MR) is 138 cm³/mol. The summed E-state index contributed by atoms with van der Waals surface area (Å²) in [6, 6.07) is 12.3. The zero-order valence-corrected chi connectivity index (χ0v) is 22.4. The molecule has 5 N–H and O–H groups in total. The number of ether oxygens (including phenoxy) is 3. The Hall–Kier alpha value is -2.24. The van der Waals surface area contributed by atoms with E-state index in [1.165, 1.54) is 13.8 Å². The maximum Gasteiger partial charge on any atom is 0.306 e. The lowest BCUT2D eigenvalue weighted by atomic mass is 9.75. The smallest absolute Gasteiger partial charge is 0.306 e. The average molecular weight is 551 g/mol. The highest BCUT2D eigenvalue weighted by atomic mass is 35.5. The molecule has 10 heteroatoms. The van der Waals surface area contributed by atoms with Gasteiger partial charge >= 0.3 is 5.97 Å². The molecule has 4 rings (SSSR count). The highest BCUT2D eigenvalue weighted by Gasteiger charge is 2.71. The first-order chi connectivity index (χ1) is 17.8. The van der Waals surface area contributed by atoms with Crippen molar-refractivity contribution in [2.24, 2.45) is 5.92 Å². The Kier molecular flexibility index (Phi) is 8.12. The molecule has 2 heterocycles. The third-order valence-electron chi connectivity index (χ3n) is 7.73. The van der Waals surface area contributed by atoms with E-state index in [1.807, 2.05) is 19.1 Å². The zero-order chi connectivity index (χ0) is 27.9. The highest BCUT2D eigenvalue weighted by molar-refractivity contribution is 6.31. The lowest BCUT2D eigenvalue weighted by molar-refractivity contribution is -0.348. The van der Waals surface area contributed by atoms with Gasteiger partial charge in [-0.3, -0.25) is 4.79 Å². The number of carboxylic acid groups (broad SMARTS) is 1. The van der Waals surface area contributed by atoms with Crippen LogP contribution in [0.5, 0.6) is 5.75 Å². The lowest BCUT2D eigenvalue weighted by Crippen LogP contribution is -2.70. The van der Waals surface area contributed by atoms with Crippen LogP contribution in [0.2, 0.25) is 5.02 Å². The van der Waals surface area contributed by atoms with Crippen molar-refractivity contribution >= 4 is 17.6 Å². The molecule has 208 valence electrons. The molecule has 0 saturated carbocycles. The molecule has 0 aromatic heterocycles. The van der Waals surface area contributed by atoms with Gasteiger partial charge in [0, 0.05) is 10.6 Å². The highest BCUT2D eigenvalue weighted by Crippen LogP contribution is 2.53. The summed E-state index contributed by atoms with van der Waals surface area (Å²) in [6.45, 7) is 4.80. The molecule has 6 atom stereocenters. The van der Waals surface area contributed by atoms with Crippen molar-refractivity contribution in [1.82, 2.24) is 0 Å². The summed E-state index contributed by atoms with van der Waals surface area (Å²) >= 11 is 6.49. The van der Waals surface area contributed by atoms with Gasteiger partial charge in [-0.25, -0.2) is 0 Å². The largest absolute Gasteiger partial charge is 0.494 e. The second kappa shape index (κ2) is 10.7. The Balaban J connectivity index is 1.52. The Bertz CT molecular complexity index is 1150. The van der Waals surface area contributed by atoms with Crippen molar-refractivity contribution in [3.63, 3.8) is 0 Å². The molecule has 9 nitrogen and oxygen atoms in total. The van der Waals surface area contributed by atoms with Gasteiger partial charge in [-0.1, -0.05) is 36.7 Å². The molecule has 0 aliphatic carbocycles. The number of benzene rings is 2. The van der Waals surface area contributed by atoms with Gasteiger partial charge in [-0.2, -0.15) is 0 Å². The molecule has 0 radical (unpaired) electrons. The number of aliphatic hydroxyl groups is 4. The zero-order valence-electron chi connectivity index (χ0n) is 21.6. The maximum absolute atomic E-state index is 11.2. The number of hydrogen-bond acceptors (Lipinski definition) is 8. The molecular weight excluding hydrogens is 516 g/mol. The van der Waals surface area contributed by atoms with Crippen LogP contribution in [0.1, 0.15) is 50.3 Å². The lowest BCUT2D eigenvalue weighted by Gasteiger charge is -2.50. The van der Waals surface area contributed by atoms with E-state index in [4.69, 9.17) is 30.9 Å². The number of halogens is 1. The third kappa shape index (κ3) is 5.04. The monoisotopic (exact) mass is 550 g/mol. The third-order valence-corrected chi connectivity index (χ3v) is 8.10. The molecule has 2 fully saturated rings. The van der Waals surface area contributed by atoms with Crippen LogP contribution in [-0.4, -0.2) is 74.2 Å². The molecular formula is C28H35ClO9. The first kappa shape index (κ1) is 28.8. The Morgan fingerprint density at radius 3 is 2.45 bits per heavy atom. The van der Waals surface area contributed by atoms with E-state index in [1.54, 1.807) is 30.3 Å². The van der Waals surface area contributed by atoms with Gasteiger partial charge in [0.05, 0.1) is 24.7 Å². The van der Waals surface area contributed by atoms with Crippen LogP contribution in [0.4, 0.5) is 0 Å². The Morgan fingerprint density at radius 1 is 1.16 bits per heavy atom. The van der Waals surface area contributed by atoms with Gasteiger partial charge in [0.15, 0.2) is 5.60 Å². The van der Waals surface area contributed by atoms with E-state index < -0.39 is 47.2 Å². The van der Waals surface area contributed by atoms with Gasteiger partial charge in [-0.05, 0) is 68.5 Å². The summed E-state index contributed by atoms with van der Waals surface area (Å²) in [7, 11) is 0. The first-order valence-corrected chi connectivity index (χ1v) is 13.1. The molecule has 2 saturated heterocycles. The minimum Gasteiger partial charge on any atom is -0.494 e. The van der Waals surface area contributed by atoms with Crippen LogP contribution in [0.15, 0.2) is 42.5 Å². The summed E-state index contributed by atoms with van der Waals surface area (Å²) in [5, 5.41) is 52.7. The minimum absolute atomic E-state index is 0.239. The molecule has 0 spiro atoms. The summed E-state index contributed by atoms with van der Waals surface area (Å²) in [5.41, 5.74) is -1.21. The fourth-order valence-electron chi connectivity index (χ4n) is 5.16. The minimum atomic E-state index is -1.80. The fraction of sp³-hybridized carbons (Fsp3) is 0.536. The van der Waals surface area contributed by atoms with Crippen LogP contribution >= 0.6 is 11.6 Å². The summed E-state index contributed by atoms with van der Waals surface area (Å²) in [5.74, 6) is -2.43. The summed E-state index contributed by atoms with van der Waals surface area (Å²) in [6.07, 6.45) is -3.41. The van der Waals surface area contributed by atoms with Gasteiger partial charge < -0.3 is 39.7 Å². The van der Waals surface area contributed by atoms with Crippen molar-refractivity contribution in [3.05, 3.63) is 64.2 Å². The van der Waals surface area contributed by atoms with Crippen LogP contribution < -0.4 is 4.74 Å². The van der Waals surface area contributed by atoms with E-state index in [0.717, 1.165) is 5.56 Å². The quantitative estimate of drug-likeness (QED) is 0.301. The molecule has 0 amide bonds. The average Bonchev–Trinajstić information content (AvgIpc) is 3.27. The van der Waals surface area contributed by atoms with Gasteiger partial charge in [0.1, 0.15) is 24.1 Å². The molecule has 38 heavy (non-hydrogen) atoms. The number of hydrogen-bond donors (Lipinski definition) is 5. The molecule has 2 aliphatic heterocycles. The number of aliphatic carboxylic acids is 1. The number of fused-ring (bicyclic) bond motifs is 2. The van der Waals surface area contributed by atoms with Crippen LogP contribution in [0.25, 0.3) is 0 Å². The van der Waals surface area contributed by atoms with E-state index in [-0.39, 0.29) is 6.61 Å². The normalized spacial score (nSPS) is 29.7. The standard InChI is InChI=1S/C28H35ClO9/c1-4-17(25(33)34)11-12-36-20-8-5-16(6-9-20)13-18-14-19(7-10-21(18)29)28-24(32)22(30)23(31)27(38-28,15-37-28)26(2,3)35/h5-10,14,17,22-24,30-32,35H,4,11-13,15H2,1-3H3,(H,33,34)/t17?,22-,23-,24+,27-,28-/m0/s1. The number of carboxylic acids is 1. The van der Waals surface area contributed by atoms with Gasteiger partial charge in [0.25, 0.3) is 0 Å². The van der Waals surface area contributed by atoms with Crippen LogP contribution in [0.3, 0.4) is 0 Å². The fourth-order valence-corrected chi connectivity index (χ4v) is 5.34. The van der Waals surface area contributed by atoms with E-state index in [9.17, 15) is 25.2 Å². The Labute approximate surface area is 226 Å². The van der Waals surface area contributed by atoms with Crippen LogP contribution in [0, 0.1) is 5.92 Å². The van der Waals surface area contributed by atoms with E-state index in [2.05, 4.69) is 0 Å². The van der Waals surface area contributed by atoms with E-state index >= 15 is 0 Å².